The number of carbonyl (C=O) groups is 1. The molecule has 20 heavy (non-hydrogen) atoms. The van der Waals surface area contributed by atoms with E-state index in [1.165, 1.54) is 0 Å². The van der Waals surface area contributed by atoms with Crippen LogP contribution in [-0.2, 0) is 11.3 Å². The van der Waals surface area contributed by atoms with Gasteiger partial charge in [0.2, 0.25) is 5.91 Å². The van der Waals surface area contributed by atoms with Crippen molar-refractivity contribution in [3.63, 3.8) is 0 Å². The molecule has 0 spiro atoms. The van der Waals surface area contributed by atoms with Crippen molar-refractivity contribution in [2.75, 3.05) is 11.9 Å². The molecule has 0 aliphatic heterocycles. The first kappa shape index (κ1) is 16.0. The van der Waals surface area contributed by atoms with E-state index in [-0.39, 0.29) is 11.8 Å². The highest BCUT2D eigenvalue weighted by Gasteiger charge is 2.06. The number of nitrogens with one attached hydrogen (secondary N) is 2. The van der Waals surface area contributed by atoms with Crippen LogP contribution >= 0.6 is 0 Å². The minimum atomic E-state index is -0.0243. The first-order valence-corrected chi connectivity index (χ1v) is 6.96. The van der Waals surface area contributed by atoms with Gasteiger partial charge in [0.05, 0.1) is 6.54 Å². The van der Waals surface area contributed by atoms with Crippen molar-refractivity contribution in [2.45, 2.75) is 33.7 Å². The van der Waals surface area contributed by atoms with E-state index in [4.69, 9.17) is 5.73 Å². The van der Waals surface area contributed by atoms with Crippen molar-refractivity contribution >= 4 is 17.6 Å². The number of amides is 1. The van der Waals surface area contributed by atoms with Gasteiger partial charge in [0.25, 0.3) is 0 Å². The molecule has 4 N–H and O–H groups in total. The van der Waals surface area contributed by atoms with Crippen LogP contribution in [0.3, 0.4) is 0 Å². The SMILES string of the molecule is CCCNC(N)=NCc1ccc(NC(=O)C(C)C)cc1. The van der Waals surface area contributed by atoms with Crippen molar-refractivity contribution in [3.05, 3.63) is 29.8 Å². The molecular weight excluding hydrogens is 252 g/mol. The Morgan fingerprint density at radius 1 is 1.30 bits per heavy atom. The molecule has 0 saturated carbocycles. The summed E-state index contributed by atoms with van der Waals surface area (Å²) in [6.45, 7) is 7.16. The highest BCUT2D eigenvalue weighted by molar-refractivity contribution is 5.92. The van der Waals surface area contributed by atoms with Crippen molar-refractivity contribution in [3.8, 4) is 0 Å². The molecule has 0 aromatic heterocycles. The average Bonchev–Trinajstić information content (AvgIpc) is 2.44. The number of nitrogens with two attached hydrogens (primary N) is 1. The first-order chi connectivity index (χ1) is 9.52. The zero-order valence-electron chi connectivity index (χ0n) is 12.4. The summed E-state index contributed by atoms with van der Waals surface area (Å²) in [6.07, 6.45) is 1.01. The van der Waals surface area contributed by atoms with Crippen LogP contribution in [0.25, 0.3) is 0 Å². The van der Waals surface area contributed by atoms with Crippen molar-refractivity contribution < 1.29 is 4.79 Å². The number of rotatable bonds is 6. The second-order valence-corrected chi connectivity index (χ2v) is 4.97. The molecule has 1 aromatic rings. The standard InChI is InChI=1S/C15H24N4O/c1-4-9-17-15(16)18-10-12-5-7-13(8-6-12)19-14(20)11(2)3/h5-8,11H,4,9-10H2,1-3H3,(H,19,20)(H3,16,17,18). The highest BCUT2D eigenvalue weighted by Crippen LogP contribution is 2.11. The number of guanidine groups is 1. The van der Waals surface area contributed by atoms with Gasteiger partial charge in [-0.15, -0.1) is 0 Å². The monoisotopic (exact) mass is 276 g/mol. The Hall–Kier alpha value is -2.04. The summed E-state index contributed by atoms with van der Waals surface area (Å²) in [6, 6.07) is 7.63. The van der Waals surface area contributed by atoms with Crippen LogP contribution in [0, 0.1) is 5.92 Å². The third kappa shape index (κ3) is 5.73. The van der Waals surface area contributed by atoms with E-state index in [1.807, 2.05) is 38.1 Å². The van der Waals surface area contributed by atoms with E-state index < -0.39 is 0 Å². The van der Waals surface area contributed by atoms with Gasteiger partial charge in [0.1, 0.15) is 0 Å². The Kier molecular flexibility index (Phi) is 6.56. The fraction of sp³-hybridized carbons (Fsp3) is 0.467. The van der Waals surface area contributed by atoms with Crippen LogP contribution in [0.1, 0.15) is 32.8 Å². The predicted octanol–water partition coefficient (Wildman–Crippen LogP) is 2.10. The second-order valence-electron chi connectivity index (χ2n) is 4.97. The van der Waals surface area contributed by atoms with E-state index in [0.29, 0.717) is 12.5 Å². The quantitative estimate of drug-likeness (QED) is 0.550. The predicted molar refractivity (Wildman–Crippen MR) is 83.5 cm³/mol. The maximum Gasteiger partial charge on any atom is 0.226 e. The van der Waals surface area contributed by atoms with Crippen LogP contribution in [0.15, 0.2) is 29.3 Å². The summed E-state index contributed by atoms with van der Waals surface area (Å²) in [7, 11) is 0. The molecule has 0 fully saturated rings. The summed E-state index contributed by atoms with van der Waals surface area (Å²) in [5, 5.41) is 5.87. The Labute approximate surface area is 120 Å². The Morgan fingerprint density at radius 2 is 1.95 bits per heavy atom. The second kappa shape index (κ2) is 8.19. The largest absolute Gasteiger partial charge is 0.370 e. The number of aliphatic imine (C=N–C) groups is 1. The first-order valence-electron chi connectivity index (χ1n) is 6.96. The fourth-order valence-electron chi connectivity index (χ4n) is 1.47. The smallest absolute Gasteiger partial charge is 0.226 e. The topological polar surface area (TPSA) is 79.5 Å². The number of anilines is 1. The molecule has 0 aliphatic carbocycles. The number of carbonyl (C=O) groups excluding carboxylic acids is 1. The van der Waals surface area contributed by atoms with Crippen molar-refractivity contribution in [2.24, 2.45) is 16.6 Å². The van der Waals surface area contributed by atoms with E-state index in [0.717, 1.165) is 24.2 Å². The lowest BCUT2D eigenvalue weighted by atomic mass is 10.2. The third-order valence-corrected chi connectivity index (χ3v) is 2.73. The van der Waals surface area contributed by atoms with E-state index in [2.05, 4.69) is 22.5 Å². The minimum Gasteiger partial charge on any atom is -0.370 e. The molecule has 0 radical (unpaired) electrons. The number of nitrogens with zero attached hydrogens (tertiary/aromatic N) is 1. The van der Waals surface area contributed by atoms with Gasteiger partial charge in [-0.25, -0.2) is 4.99 Å². The molecule has 1 amide bonds. The normalized spacial score (nSPS) is 11.5. The zero-order valence-corrected chi connectivity index (χ0v) is 12.4. The third-order valence-electron chi connectivity index (χ3n) is 2.73. The van der Waals surface area contributed by atoms with Crippen LogP contribution in [0.5, 0.6) is 0 Å². The molecule has 0 heterocycles. The highest BCUT2D eigenvalue weighted by atomic mass is 16.1. The van der Waals surface area contributed by atoms with Crippen LogP contribution in [0.2, 0.25) is 0 Å². The van der Waals surface area contributed by atoms with Crippen molar-refractivity contribution in [1.29, 1.82) is 0 Å². The van der Waals surface area contributed by atoms with E-state index >= 15 is 0 Å². The lowest BCUT2D eigenvalue weighted by molar-refractivity contribution is -0.118. The van der Waals surface area contributed by atoms with Gasteiger partial charge in [-0.05, 0) is 24.1 Å². The van der Waals surface area contributed by atoms with Gasteiger partial charge in [0, 0.05) is 18.2 Å². The molecule has 0 aliphatic rings. The molecular formula is C15H24N4O. The summed E-state index contributed by atoms with van der Waals surface area (Å²) < 4.78 is 0. The molecule has 0 bridgehead atoms. The molecule has 0 saturated heterocycles. The Morgan fingerprint density at radius 3 is 2.50 bits per heavy atom. The van der Waals surface area contributed by atoms with Crippen LogP contribution in [0.4, 0.5) is 5.69 Å². The van der Waals surface area contributed by atoms with Crippen LogP contribution in [-0.4, -0.2) is 18.4 Å². The number of hydrogen-bond acceptors (Lipinski definition) is 2. The molecule has 1 rings (SSSR count). The van der Waals surface area contributed by atoms with Crippen LogP contribution < -0.4 is 16.4 Å². The van der Waals surface area contributed by atoms with E-state index in [1.54, 1.807) is 0 Å². The zero-order chi connectivity index (χ0) is 15.0. The minimum absolute atomic E-state index is 0.0174. The van der Waals surface area contributed by atoms with Gasteiger partial charge in [0.15, 0.2) is 5.96 Å². The molecule has 0 atom stereocenters. The Bertz CT molecular complexity index is 451. The van der Waals surface area contributed by atoms with Gasteiger partial charge in [-0.1, -0.05) is 32.9 Å². The summed E-state index contributed by atoms with van der Waals surface area (Å²) in [4.78, 5) is 15.8. The summed E-state index contributed by atoms with van der Waals surface area (Å²) in [5.74, 6) is 0.455. The van der Waals surface area contributed by atoms with Gasteiger partial charge in [-0.3, -0.25) is 4.79 Å². The lowest BCUT2D eigenvalue weighted by Gasteiger charge is -2.08. The summed E-state index contributed by atoms with van der Waals surface area (Å²) in [5.41, 5.74) is 7.57. The molecule has 5 heteroatoms. The molecule has 0 unspecified atom stereocenters. The Balaban J connectivity index is 2.52. The van der Waals surface area contributed by atoms with Gasteiger partial charge in [-0.2, -0.15) is 0 Å². The fourth-order valence-corrected chi connectivity index (χ4v) is 1.47. The van der Waals surface area contributed by atoms with Gasteiger partial charge >= 0.3 is 0 Å². The maximum absolute atomic E-state index is 11.6. The maximum atomic E-state index is 11.6. The summed E-state index contributed by atoms with van der Waals surface area (Å²) >= 11 is 0. The molecule has 5 nitrogen and oxygen atoms in total. The molecule has 1 aromatic carbocycles. The molecule has 110 valence electrons. The number of hydrogen-bond donors (Lipinski definition) is 3. The van der Waals surface area contributed by atoms with Gasteiger partial charge < -0.3 is 16.4 Å². The number of benzene rings is 1. The van der Waals surface area contributed by atoms with E-state index in [9.17, 15) is 4.79 Å². The average molecular weight is 276 g/mol. The van der Waals surface area contributed by atoms with Crippen molar-refractivity contribution in [1.82, 2.24) is 5.32 Å². The lowest BCUT2D eigenvalue weighted by Crippen LogP contribution is -2.32.